The summed E-state index contributed by atoms with van der Waals surface area (Å²) in [5.41, 5.74) is -0.0756. The predicted molar refractivity (Wildman–Crippen MR) is 57.9 cm³/mol. The number of ether oxygens (including phenoxy) is 2. The SMILES string of the molecule is COC(=O)C1(c2cccc(C(=O)O)c2)COC1. The molecule has 0 bridgehead atoms. The summed E-state index contributed by atoms with van der Waals surface area (Å²) in [6.45, 7) is 0.450. The molecule has 1 N–H and O–H groups in total. The molecule has 1 aromatic rings. The lowest BCUT2D eigenvalue weighted by molar-refractivity contribution is -0.166. The second-order valence-electron chi connectivity index (χ2n) is 3.95. The molecule has 1 aliphatic heterocycles. The highest BCUT2D eigenvalue weighted by atomic mass is 16.5. The molecule has 1 aromatic carbocycles. The van der Waals surface area contributed by atoms with Crippen molar-refractivity contribution in [3.8, 4) is 0 Å². The lowest BCUT2D eigenvalue weighted by atomic mass is 9.78. The zero-order chi connectivity index (χ0) is 12.5. The average molecular weight is 236 g/mol. The Morgan fingerprint density at radius 3 is 2.59 bits per heavy atom. The predicted octanol–water partition coefficient (Wildman–Crippen LogP) is 0.826. The highest BCUT2D eigenvalue weighted by molar-refractivity contribution is 5.89. The maximum Gasteiger partial charge on any atom is 0.335 e. The third-order valence-electron chi connectivity index (χ3n) is 2.94. The van der Waals surface area contributed by atoms with E-state index in [-0.39, 0.29) is 18.8 Å². The monoisotopic (exact) mass is 236 g/mol. The fraction of sp³-hybridized carbons (Fsp3) is 0.333. The van der Waals surface area contributed by atoms with Crippen LogP contribution in [0, 0.1) is 0 Å². The minimum Gasteiger partial charge on any atom is -0.478 e. The number of carbonyl (C=O) groups excluding carboxylic acids is 1. The maximum atomic E-state index is 11.7. The Bertz CT molecular complexity index is 462. The summed E-state index contributed by atoms with van der Waals surface area (Å²) in [5.74, 6) is -1.42. The first kappa shape index (κ1) is 11.6. The van der Waals surface area contributed by atoms with Crippen LogP contribution >= 0.6 is 0 Å². The number of aromatic carboxylic acids is 1. The molecule has 0 aliphatic carbocycles. The Kier molecular flexibility index (Phi) is 2.85. The lowest BCUT2D eigenvalue weighted by Gasteiger charge is -2.38. The highest BCUT2D eigenvalue weighted by Gasteiger charge is 2.48. The number of hydrogen-bond donors (Lipinski definition) is 1. The molecule has 0 radical (unpaired) electrons. The topological polar surface area (TPSA) is 72.8 Å². The molecule has 0 unspecified atom stereocenters. The summed E-state index contributed by atoms with van der Waals surface area (Å²) >= 11 is 0. The van der Waals surface area contributed by atoms with E-state index in [9.17, 15) is 9.59 Å². The van der Waals surface area contributed by atoms with Gasteiger partial charge in [0.2, 0.25) is 0 Å². The van der Waals surface area contributed by atoms with Crippen LogP contribution in [0.1, 0.15) is 15.9 Å². The van der Waals surface area contributed by atoms with Crippen molar-refractivity contribution >= 4 is 11.9 Å². The van der Waals surface area contributed by atoms with Gasteiger partial charge in [-0.25, -0.2) is 4.79 Å². The van der Waals surface area contributed by atoms with E-state index in [1.54, 1.807) is 12.1 Å². The minimum atomic E-state index is -1.02. The van der Waals surface area contributed by atoms with Crippen LogP contribution in [0.5, 0.6) is 0 Å². The van der Waals surface area contributed by atoms with Gasteiger partial charge in [-0.1, -0.05) is 12.1 Å². The van der Waals surface area contributed by atoms with E-state index in [0.29, 0.717) is 5.56 Å². The van der Waals surface area contributed by atoms with Crippen LogP contribution in [-0.4, -0.2) is 37.4 Å². The third kappa shape index (κ3) is 1.78. The van der Waals surface area contributed by atoms with Gasteiger partial charge in [0.1, 0.15) is 5.41 Å². The first-order valence-corrected chi connectivity index (χ1v) is 5.10. The first-order valence-electron chi connectivity index (χ1n) is 5.10. The van der Waals surface area contributed by atoms with Gasteiger partial charge in [0.05, 0.1) is 25.9 Å². The summed E-state index contributed by atoms with van der Waals surface area (Å²) in [6, 6.07) is 6.30. The fourth-order valence-corrected chi connectivity index (χ4v) is 1.85. The Balaban J connectivity index is 2.41. The Labute approximate surface area is 98.0 Å². The van der Waals surface area contributed by atoms with Crippen molar-refractivity contribution in [2.45, 2.75) is 5.41 Å². The molecule has 17 heavy (non-hydrogen) atoms. The standard InChI is InChI=1S/C12H12O5/c1-16-11(15)12(6-17-7-12)9-4-2-3-8(5-9)10(13)14/h2-5H,6-7H2,1H3,(H,13,14). The van der Waals surface area contributed by atoms with Crippen molar-refractivity contribution in [3.05, 3.63) is 35.4 Å². The van der Waals surface area contributed by atoms with Gasteiger partial charge >= 0.3 is 11.9 Å². The van der Waals surface area contributed by atoms with Gasteiger partial charge in [-0.3, -0.25) is 4.79 Å². The average Bonchev–Trinajstić information content (AvgIpc) is 2.27. The number of rotatable bonds is 3. The fourth-order valence-electron chi connectivity index (χ4n) is 1.85. The number of esters is 1. The minimum absolute atomic E-state index is 0.151. The summed E-state index contributed by atoms with van der Waals surface area (Å²) in [4.78, 5) is 22.6. The molecule has 0 aromatic heterocycles. The molecule has 1 heterocycles. The normalized spacial score (nSPS) is 17.0. The van der Waals surface area contributed by atoms with Crippen molar-refractivity contribution in [2.24, 2.45) is 0 Å². The molecule has 0 saturated carbocycles. The van der Waals surface area contributed by atoms with Crippen LogP contribution in [-0.2, 0) is 19.7 Å². The molecule has 5 nitrogen and oxygen atoms in total. The number of carboxylic acids is 1. The molecule has 1 fully saturated rings. The molecule has 90 valence electrons. The van der Waals surface area contributed by atoms with E-state index >= 15 is 0 Å². The number of carboxylic acid groups (broad SMARTS) is 1. The van der Waals surface area contributed by atoms with Crippen molar-refractivity contribution in [3.63, 3.8) is 0 Å². The Morgan fingerprint density at radius 1 is 1.41 bits per heavy atom. The van der Waals surface area contributed by atoms with E-state index in [2.05, 4.69) is 0 Å². The molecule has 1 saturated heterocycles. The van der Waals surface area contributed by atoms with Gasteiger partial charge in [-0.15, -0.1) is 0 Å². The van der Waals surface area contributed by atoms with Crippen molar-refractivity contribution in [2.75, 3.05) is 20.3 Å². The van der Waals surface area contributed by atoms with Gasteiger partial charge in [0, 0.05) is 0 Å². The largest absolute Gasteiger partial charge is 0.478 e. The van der Waals surface area contributed by atoms with Crippen molar-refractivity contribution < 1.29 is 24.2 Å². The zero-order valence-corrected chi connectivity index (χ0v) is 9.30. The number of carbonyl (C=O) groups is 2. The van der Waals surface area contributed by atoms with E-state index in [1.807, 2.05) is 0 Å². The molecule has 0 amide bonds. The van der Waals surface area contributed by atoms with Gasteiger partial charge in [0.25, 0.3) is 0 Å². The van der Waals surface area contributed by atoms with E-state index < -0.39 is 17.4 Å². The van der Waals surface area contributed by atoms with E-state index in [0.717, 1.165) is 0 Å². The molecule has 2 rings (SSSR count). The van der Waals surface area contributed by atoms with Crippen molar-refractivity contribution in [1.29, 1.82) is 0 Å². The first-order chi connectivity index (χ1) is 8.10. The maximum absolute atomic E-state index is 11.7. The molecule has 0 atom stereocenters. The quantitative estimate of drug-likeness (QED) is 0.787. The molecule has 1 aliphatic rings. The van der Waals surface area contributed by atoms with Crippen LogP contribution < -0.4 is 0 Å². The number of hydrogen-bond acceptors (Lipinski definition) is 4. The highest BCUT2D eigenvalue weighted by Crippen LogP contribution is 2.34. The Morgan fingerprint density at radius 2 is 2.12 bits per heavy atom. The van der Waals surface area contributed by atoms with Gasteiger partial charge in [-0.2, -0.15) is 0 Å². The zero-order valence-electron chi connectivity index (χ0n) is 9.30. The van der Waals surface area contributed by atoms with Crippen LogP contribution in [0.15, 0.2) is 24.3 Å². The third-order valence-corrected chi connectivity index (χ3v) is 2.94. The summed E-state index contributed by atoms with van der Waals surface area (Å²) < 4.78 is 9.81. The molecular weight excluding hydrogens is 224 g/mol. The second kappa shape index (κ2) is 4.18. The van der Waals surface area contributed by atoms with E-state index in [4.69, 9.17) is 14.6 Å². The van der Waals surface area contributed by atoms with Crippen LogP contribution in [0.3, 0.4) is 0 Å². The van der Waals surface area contributed by atoms with Gasteiger partial charge in [-0.05, 0) is 17.7 Å². The number of methoxy groups -OCH3 is 1. The molecule has 5 heteroatoms. The second-order valence-corrected chi connectivity index (χ2v) is 3.95. The summed E-state index contributed by atoms with van der Waals surface area (Å²) in [7, 11) is 1.31. The van der Waals surface area contributed by atoms with Crippen LogP contribution in [0.2, 0.25) is 0 Å². The number of benzene rings is 1. The van der Waals surface area contributed by atoms with Gasteiger partial charge in [0.15, 0.2) is 0 Å². The van der Waals surface area contributed by atoms with E-state index in [1.165, 1.54) is 19.2 Å². The smallest absolute Gasteiger partial charge is 0.335 e. The van der Waals surface area contributed by atoms with Crippen LogP contribution in [0.25, 0.3) is 0 Å². The van der Waals surface area contributed by atoms with Gasteiger partial charge < -0.3 is 14.6 Å². The lowest BCUT2D eigenvalue weighted by Crippen LogP contribution is -2.53. The van der Waals surface area contributed by atoms with Crippen LogP contribution in [0.4, 0.5) is 0 Å². The molecule has 0 spiro atoms. The summed E-state index contributed by atoms with van der Waals surface area (Å²) in [5, 5.41) is 8.91. The summed E-state index contributed by atoms with van der Waals surface area (Å²) in [6.07, 6.45) is 0. The van der Waals surface area contributed by atoms with Crippen molar-refractivity contribution in [1.82, 2.24) is 0 Å². The molecular formula is C12H12O5. The Hall–Kier alpha value is -1.88.